The van der Waals surface area contributed by atoms with Gasteiger partial charge in [0, 0.05) is 56.2 Å². The van der Waals surface area contributed by atoms with Crippen LogP contribution in [0.1, 0.15) is 19.3 Å². The van der Waals surface area contributed by atoms with Crippen molar-refractivity contribution in [1.29, 1.82) is 0 Å². The van der Waals surface area contributed by atoms with Gasteiger partial charge in [0.05, 0.1) is 6.42 Å². The number of benzene rings is 1. The molecular formula is C18H22F3N3. The highest BCUT2D eigenvalue weighted by Crippen LogP contribution is 2.26. The van der Waals surface area contributed by atoms with Crippen molar-refractivity contribution in [2.45, 2.75) is 31.5 Å². The second-order valence-electron chi connectivity index (χ2n) is 6.46. The van der Waals surface area contributed by atoms with Gasteiger partial charge in [-0.05, 0) is 36.4 Å². The lowest BCUT2D eigenvalue weighted by Crippen LogP contribution is -2.44. The minimum absolute atomic E-state index is 0.114. The Kier molecular flexibility index (Phi) is 4.94. The Morgan fingerprint density at radius 3 is 2.62 bits per heavy atom. The van der Waals surface area contributed by atoms with Crippen LogP contribution in [-0.4, -0.2) is 48.8 Å². The summed E-state index contributed by atoms with van der Waals surface area (Å²) in [5.41, 5.74) is 1.14. The predicted molar refractivity (Wildman–Crippen MR) is 90.3 cm³/mol. The number of aromatic nitrogens is 1. The second-order valence-corrected chi connectivity index (χ2v) is 6.46. The van der Waals surface area contributed by atoms with E-state index in [1.165, 1.54) is 0 Å². The van der Waals surface area contributed by atoms with Crippen molar-refractivity contribution in [3.8, 4) is 0 Å². The fraction of sp³-hybridized carbons (Fsp3) is 0.500. The molecule has 2 aromatic rings. The molecular weight excluding hydrogens is 315 g/mol. The topological polar surface area (TPSA) is 19.4 Å². The first-order chi connectivity index (χ1) is 11.4. The van der Waals surface area contributed by atoms with Gasteiger partial charge in [0.15, 0.2) is 0 Å². The lowest BCUT2D eigenvalue weighted by Gasteiger charge is -2.38. The molecule has 3 rings (SSSR count). The number of anilines is 1. The molecule has 0 amide bonds. The zero-order chi connectivity index (χ0) is 17.2. The molecule has 0 radical (unpaired) electrons. The summed E-state index contributed by atoms with van der Waals surface area (Å²) in [7, 11) is 2.07. The lowest BCUT2D eigenvalue weighted by atomic mass is 10.0. The molecule has 0 atom stereocenters. The van der Waals surface area contributed by atoms with Crippen molar-refractivity contribution < 1.29 is 13.2 Å². The van der Waals surface area contributed by atoms with Crippen LogP contribution in [0.15, 0.2) is 36.7 Å². The quantitative estimate of drug-likeness (QED) is 0.838. The summed E-state index contributed by atoms with van der Waals surface area (Å²) < 4.78 is 37.0. The third kappa shape index (κ3) is 4.17. The van der Waals surface area contributed by atoms with Gasteiger partial charge in [-0.15, -0.1) is 0 Å². The van der Waals surface area contributed by atoms with Crippen LogP contribution in [0.2, 0.25) is 0 Å². The van der Waals surface area contributed by atoms with Crippen molar-refractivity contribution in [2.24, 2.45) is 0 Å². The normalized spacial score (nSPS) is 17.3. The number of likely N-dealkylation sites (tertiary alicyclic amines) is 1. The highest BCUT2D eigenvalue weighted by atomic mass is 19.4. The van der Waals surface area contributed by atoms with E-state index in [1.807, 2.05) is 17.2 Å². The Balaban J connectivity index is 1.59. The van der Waals surface area contributed by atoms with Crippen LogP contribution in [-0.2, 0) is 0 Å². The first-order valence-electron chi connectivity index (χ1n) is 8.28. The fourth-order valence-corrected chi connectivity index (χ4v) is 3.32. The zero-order valence-corrected chi connectivity index (χ0v) is 13.8. The standard InChI is InChI=1S/C18H22F3N3/c1-23(17-3-2-15-13-22-8-4-14(15)12-17)16-5-9-24(10-6-16)11-7-18(19,20)21/h2-4,8,12-13,16H,5-7,9-11H2,1H3. The van der Waals surface area contributed by atoms with Gasteiger partial charge in [0.25, 0.3) is 0 Å². The highest BCUT2D eigenvalue weighted by Gasteiger charge is 2.29. The molecule has 0 aliphatic carbocycles. The number of alkyl halides is 3. The van der Waals surface area contributed by atoms with Gasteiger partial charge in [-0.2, -0.15) is 13.2 Å². The number of nitrogens with zero attached hydrogens (tertiary/aromatic N) is 3. The second kappa shape index (κ2) is 6.97. The maximum atomic E-state index is 12.3. The van der Waals surface area contributed by atoms with Gasteiger partial charge in [0.1, 0.15) is 0 Å². The first-order valence-corrected chi connectivity index (χ1v) is 8.28. The van der Waals surface area contributed by atoms with E-state index in [0.717, 1.165) is 42.4 Å². The minimum atomic E-state index is -4.06. The van der Waals surface area contributed by atoms with Crippen molar-refractivity contribution in [2.75, 3.05) is 31.6 Å². The van der Waals surface area contributed by atoms with Crippen LogP contribution in [0.4, 0.5) is 18.9 Å². The van der Waals surface area contributed by atoms with Gasteiger partial charge in [-0.3, -0.25) is 4.98 Å². The average Bonchev–Trinajstić information content (AvgIpc) is 2.59. The maximum absolute atomic E-state index is 12.3. The van der Waals surface area contributed by atoms with E-state index in [0.29, 0.717) is 6.04 Å². The van der Waals surface area contributed by atoms with Crippen LogP contribution in [0.3, 0.4) is 0 Å². The van der Waals surface area contributed by atoms with E-state index < -0.39 is 12.6 Å². The molecule has 0 unspecified atom stereocenters. The number of halogens is 3. The summed E-state index contributed by atoms with van der Waals surface area (Å²) in [6.07, 6.45) is 0.634. The van der Waals surface area contributed by atoms with E-state index in [2.05, 4.69) is 35.1 Å². The molecule has 1 fully saturated rings. The number of pyridine rings is 1. The molecule has 0 bridgehead atoms. The van der Waals surface area contributed by atoms with Crippen LogP contribution < -0.4 is 4.90 Å². The predicted octanol–water partition coefficient (Wildman–Crippen LogP) is 4.09. The monoisotopic (exact) mass is 337 g/mol. The number of piperidine rings is 1. The largest absolute Gasteiger partial charge is 0.390 e. The van der Waals surface area contributed by atoms with Crippen LogP contribution in [0.25, 0.3) is 10.8 Å². The number of hydrogen-bond donors (Lipinski definition) is 0. The molecule has 6 heteroatoms. The SMILES string of the molecule is CN(c1ccc2cnccc2c1)C1CCN(CCC(F)(F)F)CC1. The van der Waals surface area contributed by atoms with E-state index in [9.17, 15) is 13.2 Å². The van der Waals surface area contributed by atoms with Gasteiger partial charge in [-0.1, -0.05) is 6.07 Å². The summed E-state index contributed by atoms with van der Waals surface area (Å²) in [6, 6.07) is 8.65. The summed E-state index contributed by atoms with van der Waals surface area (Å²) in [4.78, 5) is 8.29. The fourth-order valence-electron chi connectivity index (χ4n) is 3.32. The molecule has 0 saturated carbocycles. The number of rotatable bonds is 4. The molecule has 24 heavy (non-hydrogen) atoms. The Morgan fingerprint density at radius 1 is 1.17 bits per heavy atom. The smallest absolute Gasteiger partial charge is 0.371 e. The van der Waals surface area contributed by atoms with Crippen LogP contribution >= 0.6 is 0 Å². The molecule has 1 aliphatic rings. The highest BCUT2D eigenvalue weighted by molar-refractivity contribution is 5.85. The molecule has 3 nitrogen and oxygen atoms in total. The van der Waals surface area contributed by atoms with Crippen molar-refractivity contribution in [1.82, 2.24) is 9.88 Å². The molecule has 1 aromatic carbocycles. The summed E-state index contributed by atoms with van der Waals surface area (Å²) in [5.74, 6) is 0. The minimum Gasteiger partial charge on any atom is -0.371 e. The maximum Gasteiger partial charge on any atom is 0.390 e. The molecule has 1 aromatic heterocycles. The first kappa shape index (κ1) is 17.0. The Labute approximate surface area is 140 Å². The molecule has 2 heterocycles. The van der Waals surface area contributed by atoms with Gasteiger partial charge < -0.3 is 9.80 Å². The van der Waals surface area contributed by atoms with Crippen molar-refractivity contribution in [3.05, 3.63) is 36.7 Å². The number of hydrogen-bond acceptors (Lipinski definition) is 3. The lowest BCUT2D eigenvalue weighted by molar-refractivity contribution is -0.138. The Bertz CT molecular complexity index is 679. The average molecular weight is 337 g/mol. The molecule has 1 aliphatic heterocycles. The Hall–Kier alpha value is -1.82. The zero-order valence-electron chi connectivity index (χ0n) is 13.8. The van der Waals surface area contributed by atoms with E-state index in [1.54, 1.807) is 6.20 Å². The summed E-state index contributed by atoms with van der Waals surface area (Å²) in [5, 5.41) is 2.26. The van der Waals surface area contributed by atoms with Gasteiger partial charge in [0.2, 0.25) is 0 Å². The number of fused-ring (bicyclic) bond motifs is 1. The summed E-state index contributed by atoms with van der Waals surface area (Å²) in [6.45, 7) is 1.56. The van der Waals surface area contributed by atoms with Gasteiger partial charge in [-0.25, -0.2) is 0 Å². The molecule has 130 valence electrons. The third-order valence-electron chi connectivity index (χ3n) is 4.85. The molecule has 1 saturated heterocycles. The van der Waals surface area contributed by atoms with E-state index in [-0.39, 0.29) is 6.54 Å². The van der Waals surface area contributed by atoms with Crippen LogP contribution in [0, 0.1) is 0 Å². The van der Waals surface area contributed by atoms with E-state index >= 15 is 0 Å². The molecule has 0 N–H and O–H groups in total. The van der Waals surface area contributed by atoms with Crippen molar-refractivity contribution in [3.63, 3.8) is 0 Å². The van der Waals surface area contributed by atoms with Gasteiger partial charge >= 0.3 is 6.18 Å². The molecule has 0 spiro atoms. The van der Waals surface area contributed by atoms with Crippen LogP contribution in [0.5, 0.6) is 0 Å². The van der Waals surface area contributed by atoms with E-state index in [4.69, 9.17) is 0 Å². The third-order valence-corrected chi connectivity index (χ3v) is 4.85. The summed E-state index contributed by atoms with van der Waals surface area (Å²) >= 11 is 0. The van der Waals surface area contributed by atoms with Crippen molar-refractivity contribution >= 4 is 16.5 Å². The Morgan fingerprint density at radius 2 is 1.92 bits per heavy atom.